The molecule has 0 radical (unpaired) electrons. The SMILES string of the molecule is O=C(C[C@H]1CCN2C[C@@H]1OC2=O)OC(c1ccccc1)c1ccccc1. The van der Waals surface area contributed by atoms with Gasteiger partial charge in [-0.25, -0.2) is 4.79 Å². The Balaban J connectivity index is 1.47. The van der Waals surface area contributed by atoms with Gasteiger partial charge >= 0.3 is 12.1 Å². The van der Waals surface area contributed by atoms with Crippen LogP contribution in [0.5, 0.6) is 0 Å². The molecule has 134 valence electrons. The second-order valence-corrected chi connectivity index (χ2v) is 6.81. The van der Waals surface area contributed by atoms with Gasteiger partial charge in [-0.2, -0.15) is 0 Å². The average Bonchev–Trinajstić information content (AvgIpc) is 2.98. The van der Waals surface area contributed by atoms with E-state index in [9.17, 15) is 9.59 Å². The van der Waals surface area contributed by atoms with Gasteiger partial charge in [0.15, 0.2) is 6.10 Å². The number of hydrogen-bond donors (Lipinski definition) is 0. The molecule has 0 spiro atoms. The van der Waals surface area contributed by atoms with Crippen LogP contribution in [0.1, 0.15) is 30.1 Å². The van der Waals surface area contributed by atoms with Crippen molar-refractivity contribution in [1.82, 2.24) is 4.90 Å². The van der Waals surface area contributed by atoms with Gasteiger partial charge in [0.2, 0.25) is 0 Å². The van der Waals surface area contributed by atoms with Crippen molar-refractivity contribution in [2.45, 2.75) is 25.0 Å². The Hall–Kier alpha value is -2.82. The maximum absolute atomic E-state index is 12.6. The number of ether oxygens (including phenoxy) is 2. The molecule has 2 aliphatic heterocycles. The minimum atomic E-state index is -0.434. The van der Waals surface area contributed by atoms with E-state index in [1.807, 2.05) is 60.7 Å². The Morgan fingerprint density at radius 3 is 2.31 bits per heavy atom. The first kappa shape index (κ1) is 16.6. The molecule has 2 saturated heterocycles. The van der Waals surface area contributed by atoms with Crippen molar-refractivity contribution in [2.24, 2.45) is 5.92 Å². The van der Waals surface area contributed by atoms with Crippen molar-refractivity contribution in [1.29, 1.82) is 0 Å². The first-order valence-corrected chi connectivity index (χ1v) is 8.95. The Morgan fingerprint density at radius 1 is 1.08 bits per heavy atom. The lowest BCUT2D eigenvalue weighted by molar-refractivity contribution is -0.149. The Bertz CT molecular complexity index is 738. The molecule has 5 heteroatoms. The fraction of sp³-hybridized carbons (Fsp3) is 0.333. The minimum Gasteiger partial charge on any atom is -0.453 e. The van der Waals surface area contributed by atoms with E-state index < -0.39 is 6.10 Å². The number of carbonyl (C=O) groups is 2. The number of nitrogens with zero attached hydrogens (tertiary/aromatic N) is 1. The van der Waals surface area contributed by atoms with Crippen molar-refractivity contribution in [3.8, 4) is 0 Å². The minimum absolute atomic E-state index is 0.0254. The molecule has 2 bridgehead atoms. The molecule has 0 aromatic heterocycles. The molecule has 1 amide bonds. The van der Waals surface area contributed by atoms with E-state index >= 15 is 0 Å². The molecule has 2 heterocycles. The third-order valence-electron chi connectivity index (χ3n) is 5.09. The summed E-state index contributed by atoms with van der Waals surface area (Å²) in [5, 5.41) is 0. The van der Waals surface area contributed by atoms with E-state index in [2.05, 4.69) is 0 Å². The third kappa shape index (κ3) is 3.43. The van der Waals surface area contributed by atoms with Gasteiger partial charge in [0.05, 0.1) is 13.0 Å². The molecule has 2 fully saturated rings. The summed E-state index contributed by atoms with van der Waals surface area (Å²) in [5.41, 5.74) is 1.88. The van der Waals surface area contributed by atoms with Gasteiger partial charge in [-0.15, -0.1) is 0 Å². The van der Waals surface area contributed by atoms with Crippen molar-refractivity contribution >= 4 is 12.1 Å². The number of piperidine rings is 1. The maximum atomic E-state index is 12.6. The molecule has 0 unspecified atom stereocenters. The number of amides is 1. The molecule has 2 aromatic carbocycles. The van der Waals surface area contributed by atoms with Crippen LogP contribution in [0.15, 0.2) is 60.7 Å². The summed E-state index contributed by atoms with van der Waals surface area (Å²) in [6.07, 6.45) is 0.138. The van der Waals surface area contributed by atoms with Gasteiger partial charge in [-0.3, -0.25) is 4.79 Å². The van der Waals surface area contributed by atoms with E-state index in [1.165, 1.54) is 0 Å². The molecular formula is C21H21NO4. The molecule has 2 aromatic rings. The Labute approximate surface area is 152 Å². The zero-order valence-electron chi connectivity index (χ0n) is 14.4. The van der Waals surface area contributed by atoms with Crippen LogP contribution in [0, 0.1) is 5.92 Å². The molecule has 4 rings (SSSR count). The lowest BCUT2D eigenvalue weighted by atomic mass is 9.91. The second-order valence-electron chi connectivity index (χ2n) is 6.81. The van der Waals surface area contributed by atoms with Gasteiger partial charge in [0.25, 0.3) is 0 Å². The molecular weight excluding hydrogens is 330 g/mol. The fourth-order valence-corrected chi connectivity index (χ4v) is 3.68. The molecule has 0 saturated carbocycles. The van der Waals surface area contributed by atoms with Gasteiger partial charge in [0, 0.05) is 12.5 Å². The Kier molecular flexibility index (Phi) is 4.61. The number of carbonyl (C=O) groups excluding carboxylic acids is 2. The van der Waals surface area contributed by atoms with E-state index in [1.54, 1.807) is 4.90 Å². The van der Waals surface area contributed by atoms with Gasteiger partial charge in [-0.1, -0.05) is 60.7 Å². The lowest BCUT2D eigenvalue weighted by Crippen LogP contribution is -2.37. The van der Waals surface area contributed by atoms with Crippen molar-refractivity contribution < 1.29 is 19.1 Å². The molecule has 5 nitrogen and oxygen atoms in total. The van der Waals surface area contributed by atoms with Crippen molar-refractivity contribution in [3.05, 3.63) is 71.8 Å². The standard InChI is InChI=1S/C21H21NO4/c23-19(13-17-11-12-22-14-18(17)25-21(22)24)26-20(15-7-3-1-4-8-15)16-9-5-2-6-10-16/h1-10,17-18,20H,11-14H2/t17-,18+/m1/s1. The summed E-state index contributed by atoms with van der Waals surface area (Å²) in [5.74, 6) is -0.235. The van der Waals surface area contributed by atoms with Crippen LogP contribution in [-0.2, 0) is 14.3 Å². The highest BCUT2D eigenvalue weighted by Crippen LogP contribution is 2.32. The highest BCUT2D eigenvalue weighted by molar-refractivity contribution is 5.72. The normalized spacial score (nSPS) is 21.6. The fourth-order valence-electron chi connectivity index (χ4n) is 3.68. The quantitative estimate of drug-likeness (QED) is 0.773. The van der Waals surface area contributed by atoms with Crippen molar-refractivity contribution in [3.63, 3.8) is 0 Å². The van der Waals surface area contributed by atoms with Crippen molar-refractivity contribution in [2.75, 3.05) is 13.1 Å². The summed E-state index contributed by atoms with van der Waals surface area (Å²) in [6.45, 7) is 1.23. The Morgan fingerprint density at radius 2 is 1.69 bits per heavy atom. The van der Waals surface area contributed by atoms with Crippen LogP contribution in [0.2, 0.25) is 0 Å². The molecule has 2 aliphatic rings. The van der Waals surface area contributed by atoms with Gasteiger partial charge in [0.1, 0.15) is 6.10 Å². The van der Waals surface area contributed by atoms with Crippen LogP contribution < -0.4 is 0 Å². The van der Waals surface area contributed by atoms with Crippen LogP contribution in [-0.4, -0.2) is 36.2 Å². The van der Waals surface area contributed by atoms with Crippen LogP contribution in [0.3, 0.4) is 0 Å². The van der Waals surface area contributed by atoms with E-state index in [0.717, 1.165) is 17.5 Å². The van der Waals surface area contributed by atoms with E-state index in [4.69, 9.17) is 9.47 Å². The van der Waals surface area contributed by atoms with Gasteiger partial charge in [-0.05, 0) is 17.5 Å². The van der Waals surface area contributed by atoms with E-state index in [-0.39, 0.29) is 30.5 Å². The molecule has 26 heavy (non-hydrogen) atoms. The van der Waals surface area contributed by atoms with Gasteiger partial charge < -0.3 is 14.4 Å². The van der Waals surface area contributed by atoms with E-state index in [0.29, 0.717) is 13.1 Å². The largest absolute Gasteiger partial charge is 0.453 e. The predicted molar refractivity (Wildman–Crippen MR) is 95.4 cm³/mol. The summed E-state index contributed by atoms with van der Waals surface area (Å²) in [6, 6.07) is 19.5. The predicted octanol–water partition coefficient (Wildman–Crippen LogP) is 3.55. The lowest BCUT2D eigenvalue weighted by Gasteiger charge is -2.27. The highest BCUT2D eigenvalue weighted by Gasteiger charge is 2.42. The average molecular weight is 351 g/mol. The maximum Gasteiger partial charge on any atom is 0.410 e. The number of rotatable bonds is 5. The number of esters is 1. The third-order valence-corrected chi connectivity index (χ3v) is 5.09. The smallest absolute Gasteiger partial charge is 0.410 e. The number of benzene rings is 2. The number of fused-ring (bicyclic) bond motifs is 2. The van der Waals surface area contributed by atoms with Crippen LogP contribution in [0.25, 0.3) is 0 Å². The summed E-state index contributed by atoms with van der Waals surface area (Å²) >= 11 is 0. The second kappa shape index (κ2) is 7.20. The summed E-state index contributed by atoms with van der Waals surface area (Å²) in [7, 11) is 0. The topological polar surface area (TPSA) is 55.8 Å². The molecule has 0 N–H and O–H groups in total. The summed E-state index contributed by atoms with van der Waals surface area (Å²) in [4.78, 5) is 26.0. The molecule has 0 aliphatic carbocycles. The zero-order chi connectivity index (χ0) is 17.9. The number of hydrogen-bond acceptors (Lipinski definition) is 4. The first-order chi connectivity index (χ1) is 12.7. The van der Waals surface area contributed by atoms with Crippen LogP contribution in [0.4, 0.5) is 4.79 Å². The van der Waals surface area contributed by atoms with Crippen LogP contribution >= 0.6 is 0 Å². The molecule has 2 atom stereocenters. The zero-order valence-corrected chi connectivity index (χ0v) is 14.4. The monoisotopic (exact) mass is 351 g/mol. The highest BCUT2D eigenvalue weighted by atomic mass is 16.6. The summed E-state index contributed by atoms with van der Waals surface area (Å²) < 4.78 is 11.2. The first-order valence-electron chi connectivity index (χ1n) is 8.95.